The zero-order valence-corrected chi connectivity index (χ0v) is 15.5. The Balaban J connectivity index is 1.73. The Hall–Kier alpha value is -2.07. The number of ether oxygens (including phenoxy) is 1. The average molecular weight is 356 g/mol. The largest absolute Gasteiger partial charge is 0.494 e. The lowest BCUT2D eigenvalue weighted by molar-refractivity contribution is -0.114. The molecule has 132 valence electrons. The number of carbonyl (C=O) groups excluding carboxylic acids is 1. The van der Waals surface area contributed by atoms with Gasteiger partial charge >= 0.3 is 0 Å². The normalized spacial score (nSPS) is 15.4. The Bertz CT molecular complexity index is 685. The minimum absolute atomic E-state index is 0.0687. The summed E-state index contributed by atoms with van der Waals surface area (Å²) in [6, 6.07) is 10.2. The second-order valence-corrected chi connectivity index (χ2v) is 7.10. The van der Waals surface area contributed by atoms with Gasteiger partial charge in [0.15, 0.2) is 0 Å². The minimum atomic E-state index is 0.0687. The number of hydrogen-bond donors (Lipinski definition) is 0. The maximum absolute atomic E-state index is 12.9. The highest BCUT2D eigenvalue weighted by atomic mass is 32.1. The Morgan fingerprint density at radius 2 is 1.96 bits per heavy atom. The van der Waals surface area contributed by atoms with Crippen LogP contribution in [0.3, 0.4) is 0 Å². The van der Waals surface area contributed by atoms with Crippen LogP contribution in [0.25, 0.3) is 6.08 Å². The van der Waals surface area contributed by atoms with Gasteiger partial charge in [0.25, 0.3) is 5.91 Å². The second kappa shape index (κ2) is 8.86. The molecule has 1 aliphatic rings. The number of hydrogen-bond acceptors (Lipinski definition) is 3. The van der Waals surface area contributed by atoms with E-state index in [0.717, 1.165) is 29.8 Å². The summed E-state index contributed by atoms with van der Waals surface area (Å²) in [4.78, 5) is 14.9. The van der Waals surface area contributed by atoms with Gasteiger partial charge in [0.05, 0.1) is 12.3 Å². The third kappa shape index (κ3) is 4.73. The molecule has 0 spiro atoms. The van der Waals surface area contributed by atoms with Gasteiger partial charge in [0, 0.05) is 17.5 Å². The van der Waals surface area contributed by atoms with E-state index in [0.29, 0.717) is 12.6 Å². The van der Waals surface area contributed by atoms with Gasteiger partial charge in [-0.05, 0) is 55.0 Å². The molecule has 1 heterocycles. The van der Waals surface area contributed by atoms with E-state index in [9.17, 15) is 4.79 Å². The predicted octanol–water partition coefficient (Wildman–Crippen LogP) is 5.53. The summed E-state index contributed by atoms with van der Waals surface area (Å²) < 4.78 is 5.45. The van der Waals surface area contributed by atoms with E-state index in [-0.39, 0.29) is 5.91 Å². The van der Waals surface area contributed by atoms with Crippen molar-refractivity contribution in [1.29, 1.82) is 0 Å². The summed E-state index contributed by atoms with van der Waals surface area (Å²) in [5.41, 5.74) is 2.03. The van der Waals surface area contributed by atoms with Crippen LogP contribution in [0, 0.1) is 0 Å². The smallest absolute Gasteiger partial charge is 0.251 e. The molecule has 0 bridgehead atoms. The molecule has 2 aromatic rings. The highest BCUT2D eigenvalue weighted by Crippen LogP contribution is 2.29. The quantitative estimate of drug-likeness (QED) is 0.638. The van der Waals surface area contributed by atoms with Crippen molar-refractivity contribution in [3.05, 3.63) is 52.7 Å². The first-order valence-corrected chi connectivity index (χ1v) is 9.98. The maximum atomic E-state index is 12.9. The Morgan fingerprint density at radius 1 is 1.20 bits per heavy atom. The summed E-state index contributed by atoms with van der Waals surface area (Å²) in [7, 11) is 0. The fourth-order valence-electron chi connectivity index (χ4n) is 3.34. The molecule has 1 aromatic carbocycles. The van der Waals surface area contributed by atoms with Crippen molar-refractivity contribution in [1.82, 2.24) is 0 Å². The molecular formula is C21H25NO2S. The van der Waals surface area contributed by atoms with Crippen LogP contribution in [-0.2, 0) is 4.79 Å². The van der Waals surface area contributed by atoms with Crippen LogP contribution in [0.4, 0.5) is 5.69 Å². The molecule has 1 amide bonds. The molecule has 0 aliphatic heterocycles. The van der Waals surface area contributed by atoms with E-state index in [4.69, 9.17) is 4.74 Å². The number of nitrogens with zero attached hydrogens (tertiary/aromatic N) is 1. The van der Waals surface area contributed by atoms with E-state index >= 15 is 0 Å². The van der Waals surface area contributed by atoms with Crippen LogP contribution in [0.15, 0.2) is 47.2 Å². The first-order chi connectivity index (χ1) is 12.3. The van der Waals surface area contributed by atoms with E-state index < -0.39 is 0 Å². The number of carbonyl (C=O) groups is 1. The first kappa shape index (κ1) is 17.7. The topological polar surface area (TPSA) is 29.5 Å². The van der Waals surface area contributed by atoms with Crippen molar-refractivity contribution in [3.8, 4) is 5.75 Å². The second-order valence-electron chi connectivity index (χ2n) is 6.32. The SMILES string of the molecule is CCOc1ccc(/C=C/C(=O)N(c2ccsc2)C2CCCCC2)cc1. The standard InChI is InChI=1S/C21H25NO2S/c1-2-24-20-11-8-17(9-12-20)10-13-21(23)22(19-14-15-25-16-19)18-6-4-3-5-7-18/h8-16,18H,2-7H2,1H3/b13-10+. The van der Waals surface area contributed by atoms with Crippen molar-refractivity contribution in [3.63, 3.8) is 0 Å². The third-order valence-corrected chi connectivity index (χ3v) is 5.24. The van der Waals surface area contributed by atoms with Gasteiger partial charge in [-0.1, -0.05) is 31.4 Å². The average Bonchev–Trinajstić information content (AvgIpc) is 3.17. The highest BCUT2D eigenvalue weighted by molar-refractivity contribution is 7.08. The van der Waals surface area contributed by atoms with E-state index in [1.807, 2.05) is 53.6 Å². The van der Waals surface area contributed by atoms with Gasteiger partial charge in [-0.25, -0.2) is 0 Å². The van der Waals surface area contributed by atoms with Crippen molar-refractivity contribution < 1.29 is 9.53 Å². The van der Waals surface area contributed by atoms with Gasteiger partial charge in [-0.3, -0.25) is 4.79 Å². The predicted molar refractivity (Wildman–Crippen MR) is 105 cm³/mol. The zero-order chi connectivity index (χ0) is 17.5. The minimum Gasteiger partial charge on any atom is -0.494 e. The summed E-state index contributed by atoms with van der Waals surface area (Å²) in [5, 5.41) is 4.10. The molecule has 4 heteroatoms. The third-order valence-electron chi connectivity index (χ3n) is 4.57. The molecular weight excluding hydrogens is 330 g/mol. The van der Waals surface area contributed by atoms with Crippen LogP contribution in [-0.4, -0.2) is 18.6 Å². The molecule has 3 nitrogen and oxygen atoms in total. The summed E-state index contributed by atoms with van der Waals surface area (Å²) in [6.07, 6.45) is 9.48. The highest BCUT2D eigenvalue weighted by Gasteiger charge is 2.25. The molecule has 1 aromatic heterocycles. The maximum Gasteiger partial charge on any atom is 0.251 e. The van der Waals surface area contributed by atoms with Crippen LogP contribution >= 0.6 is 11.3 Å². The van der Waals surface area contributed by atoms with Gasteiger partial charge in [0.2, 0.25) is 0 Å². The van der Waals surface area contributed by atoms with E-state index in [2.05, 4.69) is 5.38 Å². The number of anilines is 1. The van der Waals surface area contributed by atoms with Gasteiger partial charge in [0.1, 0.15) is 5.75 Å². The first-order valence-electron chi connectivity index (χ1n) is 9.04. The monoisotopic (exact) mass is 355 g/mol. The van der Waals surface area contributed by atoms with Crippen LogP contribution < -0.4 is 9.64 Å². The lowest BCUT2D eigenvalue weighted by Gasteiger charge is -2.33. The molecule has 0 unspecified atom stereocenters. The Morgan fingerprint density at radius 3 is 2.60 bits per heavy atom. The van der Waals surface area contributed by atoms with E-state index in [1.54, 1.807) is 17.4 Å². The lowest BCUT2D eigenvalue weighted by Crippen LogP contribution is -2.40. The van der Waals surface area contributed by atoms with Crippen molar-refractivity contribution in [2.45, 2.75) is 45.1 Å². The lowest BCUT2D eigenvalue weighted by atomic mass is 9.94. The summed E-state index contributed by atoms with van der Waals surface area (Å²) >= 11 is 1.64. The van der Waals surface area contributed by atoms with Gasteiger partial charge in [-0.15, -0.1) is 0 Å². The summed E-state index contributed by atoms with van der Waals surface area (Å²) in [6.45, 7) is 2.63. The molecule has 1 aliphatic carbocycles. The fraction of sp³-hybridized carbons (Fsp3) is 0.381. The van der Waals surface area contributed by atoms with Crippen molar-refractivity contribution >= 4 is 29.0 Å². The van der Waals surface area contributed by atoms with Crippen LogP contribution in [0.5, 0.6) is 5.75 Å². The number of thiophene rings is 1. The molecule has 0 N–H and O–H groups in total. The molecule has 0 atom stereocenters. The van der Waals surface area contributed by atoms with Gasteiger partial charge < -0.3 is 9.64 Å². The van der Waals surface area contributed by atoms with Gasteiger partial charge in [-0.2, -0.15) is 11.3 Å². The van der Waals surface area contributed by atoms with E-state index in [1.165, 1.54) is 19.3 Å². The number of benzene rings is 1. The molecule has 1 saturated carbocycles. The number of rotatable bonds is 6. The Kier molecular flexibility index (Phi) is 6.29. The van der Waals surface area contributed by atoms with Crippen LogP contribution in [0.2, 0.25) is 0 Å². The number of amides is 1. The molecule has 0 radical (unpaired) electrons. The molecule has 0 saturated heterocycles. The Labute approximate surface area is 153 Å². The zero-order valence-electron chi connectivity index (χ0n) is 14.7. The fourth-order valence-corrected chi connectivity index (χ4v) is 3.97. The van der Waals surface area contributed by atoms with Crippen molar-refractivity contribution in [2.24, 2.45) is 0 Å². The summed E-state index contributed by atoms with van der Waals surface area (Å²) in [5.74, 6) is 0.923. The van der Waals surface area contributed by atoms with Crippen LogP contribution in [0.1, 0.15) is 44.6 Å². The molecule has 1 fully saturated rings. The molecule has 25 heavy (non-hydrogen) atoms. The molecule has 3 rings (SSSR count). The van der Waals surface area contributed by atoms with Crippen molar-refractivity contribution in [2.75, 3.05) is 11.5 Å².